The van der Waals surface area contributed by atoms with E-state index >= 15 is 0 Å². The van der Waals surface area contributed by atoms with Crippen molar-refractivity contribution in [1.29, 1.82) is 0 Å². The normalized spacial score (nSPS) is 46.5. The Hall–Kier alpha value is -0.520. The Balaban J connectivity index is 2.37. The van der Waals surface area contributed by atoms with Crippen molar-refractivity contribution in [2.75, 3.05) is 0 Å². The molecule has 0 radical (unpaired) electrons. The van der Waals surface area contributed by atoms with Crippen LogP contribution in [0.3, 0.4) is 0 Å². The third-order valence-electron chi connectivity index (χ3n) is 4.61. The lowest BCUT2D eigenvalue weighted by atomic mass is 9.74. The van der Waals surface area contributed by atoms with Gasteiger partial charge in [0.15, 0.2) is 0 Å². The molecule has 1 fully saturated rings. The van der Waals surface area contributed by atoms with E-state index in [0.717, 1.165) is 23.7 Å². The minimum Gasteiger partial charge on any atom is -0.0805 e. The van der Waals surface area contributed by atoms with Gasteiger partial charge in [-0.25, -0.2) is 0 Å². The van der Waals surface area contributed by atoms with Gasteiger partial charge in [0, 0.05) is 0 Å². The molecule has 0 spiro atoms. The van der Waals surface area contributed by atoms with Crippen molar-refractivity contribution >= 4 is 0 Å². The van der Waals surface area contributed by atoms with E-state index in [9.17, 15) is 0 Å². The van der Waals surface area contributed by atoms with Crippen LogP contribution in [0.1, 0.15) is 27.7 Å². The molecule has 0 aromatic heterocycles. The monoisotopic (exact) mass is 176 g/mol. The van der Waals surface area contributed by atoms with E-state index in [-0.39, 0.29) is 0 Å². The van der Waals surface area contributed by atoms with E-state index in [2.05, 4.69) is 52.0 Å². The molecule has 2 rings (SSSR count). The Kier molecular flexibility index (Phi) is 1.90. The number of allylic oxidation sites excluding steroid dienone is 4. The predicted octanol–water partition coefficient (Wildman–Crippen LogP) is 3.66. The smallest absolute Gasteiger partial charge is 0.0111 e. The standard InChI is InChI=1S/C13H20/c1-9-10(2)13(3,4)12-8-6-5-7-11(9)12/h5-12H,1-4H3. The van der Waals surface area contributed by atoms with Crippen LogP contribution in [0.15, 0.2) is 24.3 Å². The van der Waals surface area contributed by atoms with Crippen molar-refractivity contribution < 1.29 is 0 Å². The first-order chi connectivity index (χ1) is 6.05. The summed E-state index contributed by atoms with van der Waals surface area (Å²) in [5, 5.41) is 0. The largest absolute Gasteiger partial charge is 0.0805 e. The van der Waals surface area contributed by atoms with Gasteiger partial charge in [0.2, 0.25) is 0 Å². The lowest BCUT2D eigenvalue weighted by molar-refractivity contribution is 0.212. The topological polar surface area (TPSA) is 0 Å². The summed E-state index contributed by atoms with van der Waals surface area (Å²) in [7, 11) is 0. The van der Waals surface area contributed by atoms with E-state index in [1.54, 1.807) is 0 Å². The summed E-state index contributed by atoms with van der Waals surface area (Å²) in [6.45, 7) is 9.65. The summed E-state index contributed by atoms with van der Waals surface area (Å²) in [4.78, 5) is 0. The zero-order valence-electron chi connectivity index (χ0n) is 9.12. The molecule has 0 amide bonds. The van der Waals surface area contributed by atoms with Gasteiger partial charge in [0.25, 0.3) is 0 Å². The van der Waals surface area contributed by atoms with Crippen molar-refractivity contribution in [2.24, 2.45) is 29.1 Å². The van der Waals surface area contributed by atoms with E-state index in [4.69, 9.17) is 0 Å². The fourth-order valence-electron chi connectivity index (χ4n) is 3.19. The van der Waals surface area contributed by atoms with Crippen LogP contribution >= 0.6 is 0 Å². The third kappa shape index (κ3) is 1.11. The summed E-state index contributed by atoms with van der Waals surface area (Å²) in [6, 6.07) is 0. The molecule has 0 heterocycles. The minimum atomic E-state index is 0.478. The molecule has 2 aliphatic rings. The van der Waals surface area contributed by atoms with Crippen molar-refractivity contribution in [3.05, 3.63) is 24.3 Å². The summed E-state index contributed by atoms with van der Waals surface area (Å²) in [6.07, 6.45) is 9.24. The molecule has 0 heteroatoms. The molecule has 0 aliphatic heterocycles. The quantitative estimate of drug-likeness (QED) is 0.528. The second-order valence-electron chi connectivity index (χ2n) is 5.34. The number of rotatable bonds is 0. The fourth-order valence-corrected chi connectivity index (χ4v) is 3.19. The van der Waals surface area contributed by atoms with E-state index in [1.165, 1.54) is 0 Å². The molecule has 1 saturated carbocycles. The maximum atomic E-state index is 2.42. The molecule has 0 bridgehead atoms. The van der Waals surface area contributed by atoms with Crippen LogP contribution in [-0.2, 0) is 0 Å². The van der Waals surface area contributed by atoms with Gasteiger partial charge in [-0.15, -0.1) is 0 Å². The van der Waals surface area contributed by atoms with Crippen LogP contribution in [-0.4, -0.2) is 0 Å². The molecule has 0 nitrogen and oxygen atoms in total. The summed E-state index contributed by atoms with van der Waals surface area (Å²) in [5.74, 6) is 3.22. The zero-order valence-corrected chi connectivity index (χ0v) is 9.12. The molecule has 4 unspecified atom stereocenters. The van der Waals surface area contributed by atoms with Crippen molar-refractivity contribution in [3.63, 3.8) is 0 Å². The fraction of sp³-hybridized carbons (Fsp3) is 0.692. The van der Waals surface area contributed by atoms with Crippen LogP contribution in [0, 0.1) is 29.1 Å². The predicted molar refractivity (Wildman–Crippen MR) is 57.4 cm³/mol. The highest BCUT2D eigenvalue weighted by Gasteiger charge is 2.49. The maximum absolute atomic E-state index is 2.42. The third-order valence-corrected chi connectivity index (χ3v) is 4.61. The highest BCUT2D eigenvalue weighted by Crippen LogP contribution is 2.55. The first kappa shape index (κ1) is 9.05. The van der Waals surface area contributed by atoms with Crippen LogP contribution in [0.5, 0.6) is 0 Å². The van der Waals surface area contributed by atoms with Crippen molar-refractivity contribution in [3.8, 4) is 0 Å². The highest BCUT2D eigenvalue weighted by atomic mass is 14.5. The van der Waals surface area contributed by atoms with Crippen LogP contribution in [0.25, 0.3) is 0 Å². The minimum absolute atomic E-state index is 0.478. The molecule has 72 valence electrons. The van der Waals surface area contributed by atoms with E-state index < -0.39 is 0 Å². The SMILES string of the molecule is CC1C2C=CC=CC2C(C)(C)C1C. The first-order valence-electron chi connectivity index (χ1n) is 5.40. The van der Waals surface area contributed by atoms with Gasteiger partial charge in [-0.2, -0.15) is 0 Å². The van der Waals surface area contributed by atoms with Crippen molar-refractivity contribution in [1.82, 2.24) is 0 Å². The molecule has 0 aromatic rings. The molecule has 2 aliphatic carbocycles. The molecule has 0 saturated heterocycles. The highest BCUT2D eigenvalue weighted by molar-refractivity contribution is 5.21. The summed E-state index contributed by atoms with van der Waals surface area (Å²) >= 11 is 0. The number of hydrogen-bond donors (Lipinski definition) is 0. The van der Waals surface area contributed by atoms with E-state index in [1.807, 2.05) is 0 Å². The molecule has 4 atom stereocenters. The van der Waals surface area contributed by atoms with Gasteiger partial charge in [-0.3, -0.25) is 0 Å². The van der Waals surface area contributed by atoms with Crippen LogP contribution in [0.2, 0.25) is 0 Å². The lowest BCUT2D eigenvalue weighted by Crippen LogP contribution is -2.24. The van der Waals surface area contributed by atoms with Crippen molar-refractivity contribution in [2.45, 2.75) is 27.7 Å². The second-order valence-corrected chi connectivity index (χ2v) is 5.34. The average Bonchev–Trinajstić information content (AvgIpc) is 2.30. The van der Waals surface area contributed by atoms with Gasteiger partial charge < -0.3 is 0 Å². The average molecular weight is 176 g/mol. The second kappa shape index (κ2) is 2.73. The Morgan fingerprint density at radius 3 is 2.23 bits per heavy atom. The Bertz CT molecular complexity index is 257. The molecular formula is C13H20. The first-order valence-corrected chi connectivity index (χ1v) is 5.40. The maximum Gasteiger partial charge on any atom is -0.0111 e. The van der Waals surface area contributed by atoms with Crippen LogP contribution < -0.4 is 0 Å². The zero-order chi connectivity index (χ0) is 9.64. The van der Waals surface area contributed by atoms with Crippen LogP contribution in [0.4, 0.5) is 0 Å². The summed E-state index contributed by atoms with van der Waals surface area (Å²) in [5.41, 5.74) is 0.478. The number of hydrogen-bond acceptors (Lipinski definition) is 0. The molecule has 0 aromatic carbocycles. The molecular weight excluding hydrogens is 156 g/mol. The molecule has 0 N–H and O–H groups in total. The lowest BCUT2D eigenvalue weighted by Gasteiger charge is -2.31. The van der Waals surface area contributed by atoms with Gasteiger partial charge in [-0.1, -0.05) is 52.0 Å². The van der Waals surface area contributed by atoms with E-state index in [0.29, 0.717) is 5.41 Å². The summed E-state index contributed by atoms with van der Waals surface area (Å²) < 4.78 is 0. The number of fused-ring (bicyclic) bond motifs is 1. The molecule has 13 heavy (non-hydrogen) atoms. The van der Waals surface area contributed by atoms with Gasteiger partial charge in [0.1, 0.15) is 0 Å². The Morgan fingerprint density at radius 2 is 1.62 bits per heavy atom. The Morgan fingerprint density at radius 1 is 1.00 bits per heavy atom. The van der Waals surface area contributed by atoms with Gasteiger partial charge in [0.05, 0.1) is 0 Å². The Labute approximate surface area is 81.7 Å². The van der Waals surface area contributed by atoms with Gasteiger partial charge in [-0.05, 0) is 29.1 Å². The van der Waals surface area contributed by atoms with Gasteiger partial charge >= 0.3 is 0 Å².